The summed E-state index contributed by atoms with van der Waals surface area (Å²) in [5, 5.41) is 11.3. The second-order valence-corrected chi connectivity index (χ2v) is 5.36. The van der Waals surface area contributed by atoms with Crippen LogP contribution in [0.15, 0.2) is 0 Å². The summed E-state index contributed by atoms with van der Waals surface area (Å²) >= 11 is 0. The summed E-state index contributed by atoms with van der Waals surface area (Å²) in [6.45, 7) is 3.63. The predicted molar refractivity (Wildman–Crippen MR) is 77.9 cm³/mol. The van der Waals surface area contributed by atoms with Gasteiger partial charge in [0.05, 0.1) is 0 Å². The van der Waals surface area contributed by atoms with Crippen LogP contribution in [0.2, 0.25) is 0 Å². The molecule has 0 aliphatic carbocycles. The minimum absolute atomic E-state index is 0.0577. The number of urea groups is 1. The van der Waals surface area contributed by atoms with E-state index in [0.29, 0.717) is 26.1 Å². The molecule has 1 aliphatic rings. The van der Waals surface area contributed by atoms with Gasteiger partial charge in [-0.2, -0.15) is 0 Å². The fourth-order valence-electron chi connectivity index (χ4n) is 2.57. The molecule has 0 bridgehead atoms. The van der Waals surface area contributed by atoms with Crippen molar-refractivity contribution in [3.8, 4) is 0 Å². The second-order valence-electron chi connectivity index (χ2n) is 5.36. The van der Waals surface area contributed by atoms with E-state index in [9.17, 15) is 14.4 Å². The van der Waals surface area contributed by atoms with Gasteiger partial charge >= 0.3 is 12.0 Å². The van der Waals surface area contributed by atoms with E-state index in [1.807, 2.05) is 6.92 Å². The van der Waals surface area contributed by atoms with Crippen LogP contribution in [-0.4, -0.2) is 66.0 Å². The zero-order valence-corrected chi connectivity index (χ0v) is 12.8. The maximum absolute atomic E-state index is 12.4. The topological polar surface area (TPSA) is 90.0 Å². The molecule has 1 atom stereocenters. The number of piperidine rings is 1. The van der Waals surface area contributed by atoms with Crippen molar-refractivity contribution in [2.45, 2.75) is 32.6 Å². The Labute approximate surface area is 125 Å². The standard InChI is InChI=1S/C14H25N3O4/c1-3-16(10-12(18)15-2)14(21)17-8-4-5-11(9-17)6-7-13(19)20/h11H,3-10H2,1-2H3,(H,15,18)(H,19,20). The van der Waals surface area contributed by atoms with Crippen LogP contribution >= 0.6 is 0 Å². The number of carbonyl (C=O) groups is 3. The van der Waals surface area contributed by atoms with Gasteiger partial charge in [0.15, 0.2) is 0 Å². The summed E-state index contributed by atoms with van der Waals surface area (Å²) in [7, 11) is 1.55. The summed E-state index contributed by atoms with van der Waals surface area (Å²) in [6.07, 6.45) is 2.58. The average molecular weight is 299 g/mol. The van der Waals surface area contributed by atoms with E-state index in [1.165, 1.54) is 4.90 Å². The number of nitrogens with zero attached hydrogens (tertiary/aromatic N) is 2. The minimum atomic E-state index is -0.798. The molecule has 7 heteroatoms. The fourth-order valence-corrected chi connectivity index (χ4v) is 2.57. The number of carbonyl (C=O) groups excluding carboxylic acids is 2. The molecule has 1 saturated heterocycles. The van der Waals surface area contributed by atoms with Gasteiger partial charge in [-0.25, -0.2) is 4.79 Å². The van der Waals surface area contributed by atoms with Gasteiger partial charge in [0.25, 0.3) is 0 Å². The largest absolute Gasteiger partial charge is 0.481 e. The molecular weight excluding hydrogens is 274 g/mol. The number of likely N-dealkylation sites (N-methyl/N-ethyl adjacent to an activating group) is 2. The zero-order valence-electron chi connectivity index (χ0n) is 12.8. The van der Waals surface area contributed by atoms with Crippen LogP contribution < -0.4 is 5.32 Å². The van der Waals surface area contributed by atoms with Gasteiger partial charge in [-0.05, 0) is 32.1 Å². The van der Waals surface area contributed by atoms with Crippen LogP contribution in [0.1, 0.15) is 32.6 Å². The maximum atomic E-state index is 12.4. The van der Waals surface area contributed by atoms with Gasteiger partial charge < -0.3 is 20.2 Å². The number of nitrogens with one attached hydrogen (secondary N) is 1. The van der Waals surface area contributed by atoms with E-state index in [0.717, 1.165) is 12.8 Å². The molecule has 1 rings (SSSR count). The normalized spacial score (nSPS) is 18.2. The molecule has 0 radical (unpaired) electrons. The molecule has 7 nitrogen and oxygen atoms in total. The van der Waals surface area contributed by atoms with Crippen LogP contribution in [-0.2, 0) is 9.59 Å². The van der Waals surface area contributed by atoms with Crippen LogP contribution in [0, 0.1) is 5.92 Å². The molecule has 1 heterocycles. The van der Waals surface area contributed by atoms with Crippen molar-refractivity contribution in [3.05, 3.63) is 0 Å². The lowest BCUT2D eigenvalue weighted by Gasteiger charge is -2.36. The fraction of sp³-hybridized carbons (Fsp3) is 0.786. The lowest BCUT2D eigenvalue weighted by molar-refractivity contribution is -0.137. The quantitative estimate of drug-likeness (QED) is 0.757. The van der Waals surface area contributed by atoms with Crippen molar-refractivity contribution in [2.75, 3.05) is 33.2 Å². The number of hydrogen-bond acceptors (Lipinski definition) is 3. The average Bonchev–Trinajstić information content (AvgIpc) is 2.49. The van der Waals surface area contributed by atoms with Gasteiger partial charge in [-0.3, -0.25) is 9.59 Å². The first-order valence-corrected chi connectivity index (χ1v) is 7.44. The molecule has 120 valence electrons. The highest BCUT2D eigenvalue weighted by Gasteiger charge is 2.27. The Balaban J connectivity index is 2.55. The summed E-state index contributed by atoms with van der Waals surface area (Å²) in [5.74, 6) is -0.754. The summed E-state index contributed by atoms with van der Waals surface area (Å²) < 4.78 is 0. The van der Waals surface area contributed by atoms with Crippen molar-refractivity contribution in [3.63, 3.8) is 0 Å². The number of likely N-dealkylation sites (tertiary alicyclic amines) is 1. The van der Waals surface area contributed by atoms with Gasteiger partial charge in [-0.1, -0.05) is 0 Å². The Morgan fingerprint density at radius 1 is 1.38 bits per heavy atom. The molecule has 3 amide bonds. The number of aliphatic carboxylic acids is 1. The highest BCUT2D eigenvalue weighted by Crippen LogP contribution is 2.21. The van der Waals surface area contributed by atoms with Crippen LogP contribution in [0.25, 0.3) is 0 Å². The van der Waals surface area contributed by atoms with Crippen molar-refractivity contribution in [2.24, 2.45) is 5.92 Å². The molecule has 0 saturated carbocycles. The smallest absolute Gasteiger partial charge is 0.320 e. The number of rotatable bonds is 6. The van der Waals surface area contributed by atoms with Gasteiger partial charge in [-0.15, -0.1) is 0 Å². The van der Waals surface area contributed by atoms with Gasteiger partial charge in [0.2, 0.25) is 5.91 Å². The molecule has 0 aromatic rings. The molecule has 2 N–H and O–H groups in total. The Morgan fingerprint density at radius 2 is 2.10 bits per heavy atom. The molecule has 1 fully saturated rings. The van der Waals surface area contributed by atoms with Crippen LogP contribution in [0.3, 0.4) is 0 Å². The first-order chi connectivity index (χ1) is 9.97. The van der Waals surface area contributed by atoms with Crippen LogP contribution in [0.4, 0.5) is 4.79 Å². The highest BCUT2D eigenvalue weighted by molar-refractivity contribution is 5.83. The Hall–Kier alpha value is -1.79. The minimum Gasteiger partial charge on any atom is -0.481 e. The molecule has 1 aliphatic heterocycles. The summed E-state index contributed by atoms with van der Waals surface area (Å²) in [4.78, 5) is 37.7. The predicted octanol–water partition coefficient (Wildman–Crippen LogP) is 0.751. The SMILES string of the molecule is CCN(CC(=O)NC)C(=O)N1CCCC(CCC(=O)O)C1. The van der Waals surface area contributed by atoms with Crippen molar-refractivity contribution >= 4 is 17.9 Å². The third-order valence-corrected chi connectivity index (χ3v) is 3.82. The third-order valence-electron chi connectivity index (χ3n) is 3.82. The monoisotopic (exact) mass is 299 g/mol. The maximum Gasteiger partial charge on any atom is 0.320 e. The first kappa shape index (κ1) is 17.3. The van der Waals surface area contributed by atoms with Crippen molar-refractivity contribution < 1.29 is 19.5 Å². The third kappa shape index (κ3) is 5.61. The lowest BCUT2D eigenvalue weighted by Crippen LogP contribution is -2.50. The Bertz CT molecular complexity index is 386. The molecule has 0 aromatic carbocycles. The van der Waals surface area contributed by atoms with Gasteiger partial charge in [0.1, 0.15) is 6.54 Å². The molecule has 0 spiro atoms. The second kappa shape index (κ2) is 8.49. The van der Waals surface area contributed by atoms with E-state index < -0.39 is 5.97 Å². The number of carboxylic acids is 1. The highest BCUT2D eigenvalue weighted by atomic mass is 16.4. The van der Waals surface area contributed by atoms with E-state index in [2.05, 4.69) is 5.32 Å². The molecule has 21 heavy (non-hydrogen) atoms. The van der Waals surface area contributed by atoms with Crippen LogP contribution in [0.5, 0.6) is 0 Å². The molecule has 0 aromatic heterocycles. The summed E-state index contributed by atoms with van der Waals surface area (Å²) in [5.41, 5.74) is 0. The van der Waals surface area contributed by atoms with E-state index in [1.54, 1.807) is 11.9 Å². The lowest BCUT2D eigenvalue weighted by atomic mass is 9.93. The van der Waals surface area contributed by atoms with Crippen molar-refractivity contribution in [1.82, 2.24) is 15.1 Å². The van der Waals surface area contributed by atoms with E-state index >= 15 is 0 Å². The first-order valence-electron chi connectivity index (χ1n) is 7.44. The Kier molecular flexibility index (Phi) is 6.98. The van der Waals surface area contributed by atoms with Gasteiger partial charge in [0, 0.05) is 33.1 Å². The number of carboxylic acid groups (broad SMARTS) is 1. The van der Waals surface area contributed by atoms with Crippen molar-refractivity contribution in [1.29, 1.82) is 0 Å². The van der Waals surface area contributed by atoms with E-state index in [4.69, 9.17) is 5.11 Å². The summed E-state index contributed by atoms with van der Waals surface area (Å²) in [6, 6.07) is -0.138. The molecular formula is C14H25N3O4. The van der Waals surface area contributed by atoms with E-state index in [-0.39, 0.29) is 30.8 Å². The number of amides is 3. The number of hydrogen-bond donors (Lipinski definition) is 2. The zero-order chi connectivity index (χ0) is 15.8. The molecule has 1 unspecified atom stereocenters. The Morgan fingerprint density at radius 3 is 2.67 bits per heavy atom.